The minimum atomic E-state index is -0.869. The van der Waals surface area contributed by atoms with Crippen molar-refractivity contribution >= 4 is 0 Å². The molecule has 1 aliphatic carbocycles. The van der Waals surface area contributed by atoms with Crippen LogP contribution in [0, 0.1) is 11.6 Å². The number of hydrogen-bond acceptors (Lipinski definition) is 2. The second kappa shape index (κ2) is 7.32. The van der Waals surface area contributed by atoms with E-state index >= 15 is 0 Å². The largest absolute Gasteiger partial charge is 0.390 e. The van der Waals surface area contributed by atoms with Crippen LogP contribution in [0.25, 0.3) is 0 Å². The summed E-state index contributed by atoms with van der Waals surface area (Å²) in [7, 11) is 0. The third-order valence-electron chi connectivity index (χ3n) is 4.43. The molecule has 1 fully saturated rings. The molecule has 21 heavy (non-hydrogen) atoms. The van der Waals surface area contributed by atoms with Crippen LogP contribution >= 0.6 is 0 Å². The molecule has 0 radical (unpaired) electrons. The first kappa shape index (κ1) is 16.4. The average Bonchev–Trinajstić information content (AvgIpc) is 2.71. The van der Waals surface area contributed by atoms with Gasteiger partial charge in [-0.15, -0.1) is 0 Å². The van der Waals surface area contributed by atoms with Crippen molar-refractivity contribution in [3.8, 4) is 0 Å². The van der Waals surface area contributed by atoms with Crippen molar-refractivity contribution in [2.75, 3.05) is 6.61 Å². The molecule has 1 aliphatic rings. The van der Waals surface area contributed by atoms with E-state index in [1.807, 2.05) is 6.92 Å². The number of rotatable bonds is 5. The smallest absolute Gasteiger partial charge is 0.162 e. The molecule has 0 bridgehead atoms. The van der Waals surface area contributed by atoms with E-state index in [1.165, 1.54) is 12.1 Å². The molecule has 1 atom stereocenters. The highest BCUT2D eigenvalue weighted by molar-refractivity contribution is 5.20. The average molecular weight is 298 g/mol. The fourth-order valence-corrected chi connectivity index (χ4v) is 3.29. The molecule has 1 aromatic rings. The quantitative estimate of drug-likeness (QED) is 0.833. The van der Waals surface area contributed by atoms with Gasteiger partial charge in [-0.05, 0) is 31.4 Å². The van der Waals surface area contributed by atoms with Crippen LogP contribution in [0.4, 0.5) is 8.78 Å². The maximum absolute atomic E-state index is 13.8. The summed E-state index contributed by atoms with van der Waals surface area (Å²) in [5, 5.41) is 10.6. The van der Waals surface area contributed by atoms with E-state index < -0.39 is 23.3 Å². The highest BCUT2D eigenvalue weighted by atomic mass is 19.2. The normalized spacial score (nSPS) is 20.0. The van der Waals surface area contributed by atoms with E-state index in [4.69, 9.17) is 4.74 Å². The number of aliphatic hydroxyl groups is 1. The Morgan fingerprint density at radius 2 is 1.86 bits per heavy atom. The zero-order valence-corrected chi connectivity index (χ0v) is 12.6. The minimum Gasteiger partial charge on any atom is -0.390 e. The molecule has 2 rings (SSSR count). The van der Waals surface area contributed by atoms with Gasteiger partial charge in [0.05, 0.1) is 11.7 Å². The first-order valence-corrected chi connectivity index (χ1v) is 7.84. The number of halogens is 2. The summed E-state index contributed by atoms with van der Waals surface area (Å²) < 4.78 is 33.0. The van der Waals surface area contributed by atoms with Gasteiger partial charge in [0, 0.05) is 13.0 Å². The van der Waals surface area contributed by atoms with Crippen molar-refractivity contribution < 1.29 is 18.6 Å². The molecular weight excluding hydrogens is 274 g/mol. The Morgan fingerprint density at radius 3 is 2.48 bits per heavy atom. The summed E-state index contributed by atoms with van der Waals surface area (Å²) in [5.74, 6) is -1.73. The van der Waals surface area contributed by atoms with Gasteiger partial charge in [0.25, 0.3) is 0 Å². The molecule has 0 spiro atoms. The lowest BCUT2D eigenvalue weighted by Crippen LogP contribution is -2.46. The SMILES string of the molecule is CCOC1(C(O)Cc2cccc(F)c2F)CCCCCC1. The molecule has 1 unspecified atom stereocenters. The lowest BCUT2D eigenvalue weighted by molar-refractivity contribution is -0.128. The van der Waals surface area contributed by atoms with Gasteiger partial charge in [-0.25, -0.2) is 8.78 Å². The highest BCUT2D eigenvalue weighted by Gasteiger charge is 2.39. The van der Waals surface area contributed by atoms with Crippen LogP contribution in [0.5, 0.6) is 0 Å². The lowest BCUT2D eigenvalue weighted by atomic mass is 9.84. The van der Waals surface area contributed by atoms with Gasteiger partial charge in [0.2, 0.25) is 0 Å². The summed E-state index contributed by atoms with van der Waals surface area (Å²) in [6, 6.07) is 4.09. The van der Waals surface area contributed by atoms with Crippen molar-refractivity contribution in [3.63, 3.8) is 0 Å². The molecular formula is C17H24F2O2. The van der Waals surface area contributed by atoms with Crippen LogP contribution in [-0.2, 0) is 11.2 Å². The maximum Gasteiger partial charge on any atom is 0.162 e. The minimum absolute atomic E-state index is 0.0869. The second-order valence-electron chi connectivity index (χ2n) is 5.84. The summed E-state index contributed by atoms with van der Waals surface area (Å²) >= 11 is 0. The van der Waals surface area contributed by atoms with Gasteiger partial charge in [0.1, 0.15) is 0 Å². The van der Waals surface area contributed by atoms with Gasteiger partial charge >= 0.3 is 0 Å². The van der Waals surface area contributed by atoms with Gasteiger partial charge in [0.15, 0.2) is 11.6 Å². The molecule has 1 aromatic carbocycles. The first-order chi connectivity index (χ1) is 10.1. The zero-order chi connectivity index (χ0) is 15.3. The Morgan fingerprint density at radius 1 is 1.19 bits per heavy atom. The van der Waals surface area contributed by atoms with Crippen LogP contribution in [0.15, 0.2) is 18.2 Å². The van der Waals surface area contributed by atoms with Crippen LogP contribution in [-0.4, -0.2) is 23.4 Å². The van der Waals surface area contributed by atoms with E-state index in [-0.39, 0.29) is 12.0 Å². The third kappa shape index (κ3) is 3.80. The van der Waals surface area contributed by atoms with Crippen molar-refractivity contribution in [1.29, 1.82) is 0 Å². The molecule has 0 heterocycles. The predicted octanol–water partition coefficient (Wildman–Crippen LogP) is 4.00. The van der Waals surface area contributed by atoms with Crippen LogP contribution in [0.1, 0.15) is 51.0 Å². The van der Waals surface area contributed by atoms with Gasteiger partial charge in [-0.2, -0.15) is 0 Å². The zero-order valence-electron chi connectivity index (χ0n) is 12.6. The molecule has 0 amide bonds. The van der Waals surface area contributed by atoms with Crippen molar-refractivity contribution in [1.82, 2.24) is 0 Å². The lowest BCUT2D eigenvalue weighted by Gasteiger charge is -2.37. The summed E-state index contributed by atoms with van der Waals surface area (Å²) in [6.07, 6.45) is 5.10. The second-order valence-corrected chi connectivity index (χ2v) is 5.84. The first-order valence-electron chi connectivity index (χ1n) is 7.84. The predicted molar refractivity (Wildman–Crippen MR) is 78.1 cm³/mol. The molecule has 4 heteroatoms. The Bertz CT molecular complexity index is 454. The van der Waals surface area contributed by atoms with Crippen molar-refractivity contribution in [2.45, 2.75) is 63.6 Å². The van der Waals surface area contributed by atoms with Crippen LogP contribution < -0.4 is 0 Å². The van der Waals surface area contributed by atoms with Gasteiger partial charge < -0.3 is 9.84 Å². The number of benzene rings is 1. The fourth-order valence-electron chi connectivity index (χ4n) is 3.29. The Kier molecular flexibility index (Phi) is 5.71. The standard InChI is InChI=1S/C17H24F2O2/c1-2-21-17(10-5-3-4-6-11-17)15(20)12-13-8-7-9-14(18)16(13)19/h7-9,15,20H,2-6,10-12H2,1H3. The topological polar surface area (TPSA) is 29.5 Å². The van der Waals surface area contributed by atoms with Crippen LogP contribution in [0.3, 0.4) is 0 Å². The van der Waals surface area contributed by atoms with Gasteiger partial charge in [-0.3, -0.25) is 0 Å². The monoisotopic (exact) mass is 298 g/mol. The highest BCUT2D eigenvalue weighted by Crippen LogP contribution is 2.35. The number of hydrogen-bond donors (Lipinski definition) is 1. The summed E-state index contributed by atoms with van der Waals surface area (Å²) in [5.41, 5.74) is -0.407. The van der Waals surface area contributed by atoms with Gasteiger partial charge in [-0.1, -0.05) is 37.8 Å². The van der Waals surface area contributed by atoms with Crippen molar-refractivity contribution in [3.05, 3.63) is 35.4 Å². The molecule has 0 saturated heterocycles. The number of aliphatic hydroxyl groups excluding tert-OH is 1. The Balaban J connectivity index is 2.18. The van der Waals surface area contributed by atoms with E-state index in [0.717, 1.165) is 44.6 Å². The van der Waals surface area contributed by atoms with E-state index in [9.17, 15) is 13.9 Å². The number of ether oxygens (including phenoxy) is 1. The molecule has 118 valence electrons. The van der Waals surface area contributed by atoms with E-state index in [1.54, 1.807) is 0 Å². The van der Waals surface area contributed by atoms with E-state index in [0.29, 0.717) is 6.61 Å². The molecule has 1 N–H and O–H groups in total. The molecule has 2 nitrogen and oxygen atoms in total. The Hall–Kier alpha value is -1.00. The van der Waals surface area contributed by atoms with Crippen LogP contribution in [0.2, 0.25) is 0 Å². The molecule has 0 aliphatic heterocycles. The Labute approximate surface area is 125 Å². The fraction of sp³-hybridized carbons (Fsp3) is 0.647. The summed E-state index contributed by atoms with van der Waals surface area (Å²) in [6.45, 7) is 2.42. The third-order valence-corrected chi connectivity index (χ3v) is 4.43. The van der Waals surface area contributed by atoms with Crippen molar-refractivity contribution in [2.24, 2.45) is 0 Å². The molecule has 0 aromatic heterocycles. The maximum atomic E-state index is 13.8. The van der Waals surface area contributed by atoms with E-state index in [2.05, 4.69) is 0 Å². The molecule has 1 saturated carbocycles. The summed E-state index contributed by atoms with van der Waals surface area (Å²) in [4.78, 5) is 0.